The molecular formula is C18H30FNO6. The second-order valence-electron chi connectivity index (χ2n) is 6.57. The largest absolute Gasteiger partial charge is 0.368 e. The third kappa shape index (κ3) is 8.33. The van der Waals surface area contributed by atoms with Crippen LogP contribution in [0.15, 0.2) is 0 Å². The maximum atomic E-state index is 12.6. The molecular weight excluding hydrogens is 345 g/mol. The lowest BCUT2D eigenvalue weighted by atomic mass is 9.84. The van der Waals surface area contributed by atoms with Gasteiger partial charge in [-0.3, -0.25) is 4.79 Å². The van der Waals surface area contributed by atoms with Crippen LogP contribution in [0, 0.1) is 5.92 Å². The molecule has 1 amide bonds. The van der Waals surface area contributed by atoms with E-state index in [1.54, 1.807) is 11.9 Å². The molecule has 0 bridgehead atoms. The number of rotatable bonds is 14. The van der Waals surface area contributed by atoms with Gasteiger partial charge in [-0.2, -0.15) is 4.94 Å². The van der Waals surface area contributed by atoms with E-state index in [-0.39, 0.29) is 43.9 Å². The van der Waals surface area contributed by atoms with Crippen molar-refractivity contribution in [2.24, 2.45) is 5.92 Å². The predicted octanol–water partition coefficient (Wildman–Crippen LogP) is 1.87. The second-order valence-corrected chi connectivity index (χ2v) is 6.57. The monoisotopic (exact) mass is 375 g/mol. The fourth-order valence-corrected chi connectivity index (χ4v) is 3.30. The summed E-state index contributed by atoms with van der Waals surface area (Å²) in [5.41, 5.74) is 0. The van der Waals surface area contributed by atoms with E-state index in [2.05, 4.69) is 4.94 Å². The third-order valence-electron chi connectivity index (χ3n) is 4.68. The highest BCUT2D eigenvalue weighted by atomic mass is 19.3. The van der Waals surface area contributed by atoms with Crippen LogP contribution < -0.4 is 0 Å². The second kappa shape index (κ2) is 13.8. The number of amides is 1. The lowest BCUT2D eigenvalue weighted by Crippen LogP contribution is -2.44. The standard InChI is InChI=1S/C18H30FNO6/c1-20(8-4-2-3-5-11-26-19)18(23)15-6-7-16(24-12-9-21)17(14-15)25-13-10-22/h9-10,15-17H,2-8,11-14H2,1H3. The molecule has 0 aliphatic heterocycles. The maximum Gasteiger partial charge on any atom is 0.225 e. The van der Waals surface area contributed by atoms with Gasteiger partial charge in [0.15, 0.2) is 0 Å². The van der Waals surface area contributed by atoms with Crippen molar-refractivity contribution in [1.82, 2.24) is 4.90 Å². The van der Waals surface area contributed by atoms with Crippen LogP contribution in [0.25, 0.3) is 0 Å². The summed E-state index contributed by atoms with van der Waals surface area (Å²) in [6.07, 6.45) is 5.80. The summed E-state index contributed by atoms with van der Waals surface area (Å²) >= 11 is 0. The third-order valence-corrected chi connectivity index (χ3v) is 4.68. The van der Waals surface area contributed by atoms with Crippen molar-refractivity contribution in [1.29, 1.82) is 0 Å². The molecule has 1 aliphatic carbocycles. The van der Waals surface area contributed by atoms with Crippen molar-refractivity contribution < 1.29 is 33.3 Å². The number of nitrogens with zero attached hydrogens (tertiary/aromatic N) is 1. The van der Waals surface area contributed by atoms with Crippen molar-refractivity contribution in [2.45, 2.75) is 57.2 Å². The molecule has 3 unspecified atom stereocenters. The summed E-state index contributed by atoms with van der Waals surface area (Å²) < 4.78 is 22.5. The molecule has 150 valence electrons. The number of hydrogen-bond donors (Lipinski definition) is 0. The van der Waals surface area contributed by atoms with E-state index in [1.165, 1.54) is 0 Å². The molecule has 1 rings (SSSR count). The van der Waals surface area contributed by atoms with Crippen LogP contribution in [0.2, 0.25) is 0 Å². The summed E-state index contributed by atoms with van der Waals surface area (Å²) in [4.78, 5) is 39.0. The molecule has 0 heterocycles. The molecule has 1 saturated carbocycles. The first-order valence-corrected chi connectivity index (χ1v) is 9.23. The topological polar surface area (TPSA) is 82.1 Å². The van der Waals surface area contributed by atoms with Crippen LogP contribution >= 0.6 is 0 Å². The summed E-state index contributed by atoms with van der Waals surface area (Å²) in [6, 6.07) is 0. The van der Waals surface area contributed by atoms with E-state index >= 15 is 0 Å². The average Bonchev–Trinajstić information content (AvgIpc) is 2.66. The fourth-order valence-electron chi connectivity index (χ4n) is 3.30. The van der Waals surface area contributed by atoms with Gasteiger partial charge >= 0.3 is 0 Å². The number of hydrogen-bond acceptors (Lipinski definition) is 6. The summed E-state index contributed by atoms with van der Waals surface area (Å²) in [6.45, 7) is 0.700. The summed E-state index contributed by atoms with van der Waals surface area (Å²) in [5.74, 6) is -0.113. The first-order valence-electron chi connectivity index (χ1n) is 9.23. The minimum atomic E-state index is -0.364. The van der Waals surface area contributed by atoms with Gasteiger partial charge in [0.1, 0.15) is 25.8 Å². The van der Waals surface area contributed by atoms with Crippen molar-refractivity contribution in [3.05, 3.63) is 0 Å². The molecule has 0 saturated heterocycles. The highest BCUT2D eigenvalue weighted by Gasteiger charge is 2.36. The highest BCUT2D eigenvalue weighted by molar-refractivity contribution is 5.78. The van der Waals surface area contributed by atoms with E-state index in [9.17, 15) is 18.9 Å². The van der Waals surface area contributed by atoms with E-state index < -0.39 is 0 Å². The molecule has 0 aromatic rings. The first-order chi connectivity index (χ1) is 12.6. The number of unbranched alkanes of at least 4 members (excludes halogenated alkanes) is 3. The Morgan fingerprint density at radius 1 is 1.04 bits per heavy atom. The molecule has 7 nitrogen and oxygen atoms in total. The number of halogens is 1. The first kappa shape index (κ1) is 22.7. The van der Waals surface area contributed by atoms with Crippen molar-refractivity contribution >= 4 is 18.5 Å². The molecule has 26 heavy (non-hydrogen) atoms. The Hall–Kier alpha value is -1.38. The van der Waals surface area contributed by atoms with Crippen molar-refractivity contribution in [3.63, 3.8) is 0 Å². The van der Waals surface area contributed by atoms with Crippen LogP contribution in [0.4, 0.5) is 4.53 Å². The maximum absolute atomic E-state index is 12.6. The molecule has 0 radical (unpaired) electrons. The average molecular weight is 375 g/mol. The van der Waals surface area contributed by atoms with Crippen LogP contribution in [-0.2, 0) is 28.8 Å². The molecule has 3 atom stereocenters. The number of carbonyl (C=O) groups excluding carboxylic acids is 3. The molecule has 8 heteroatoms. The van der Waals surface area contributed by atoms with Gasteiger partial charge in [0, 0.05) is 19.5 Å². The van der Waals surface area contributed by atoms with Gasteiger partial charge in [-0.1, -0.05) is 12.8 Å². The zero-order valence-electron chi connectivity index (χ0n) is 15.4. The zero-order valence-corrected chi connectivity index (χ0v) is 15.4. The SMILES string of the molecule is CN(CCCCCCOF)C(=O)C1CCC(OCC=O)C(OCC=O)C1. The Balaban J connectivity index is 2.42. The normalized spacial score (nSPS) is 22.8. The van der Waals surface area contributed by atoms with Gasteiger partial charge in [-0.05, 0) is 36.6 Å². The van der Waals surface area contributed by atoms with Gasteiger partial charge in [-0.15, -0.1) is 0 Å². The minimum Gasteiger partial charge on any atom is -0.368 e. The lowest BCUT2D eigenvalue weighted by molar-refractivity contribution is -0.146. The quantitative estimate of drug-likeness (QED) is 0.341. The van der Waals surface area contributed by atoms with Gasteiger partial charge in [-0.25, -0.2) is 0 Å². The lowest BCUT2D eigenvalue weighted by Gasteiger charge is -2.36. The fraction of sp³-hybridized carbons (Fsp3) is 0.833. The Kier molecular flexibility index (Phi) is 12.0. The number of aldehydes is 2. The van der Waals surface area contributed by atoms with Crippen LogP contribution in [0.3, 0.4) is 0 Å². The summed E-state index contributed by atoms with van der Waals surface area (Å²) in [5, 5.41) is 0. The molecule has 1 aliphatic rings. The van der Waals surface area contributed by atoms with Crippen LogP contribution in [0.1, 0.15) is 44.9 Å². The zero-order chi connectivity index (χ0) is 19.2. The predicted molar refractivity (Wildman–Crippen MR) is 92.1 cm³/mol. The number of carbonyl (C=O) groups is 3. The van der Waals surface area contributed by atoms with Gasteiger partial charge in [0.25, 0.3) is 0 Å². The van der Waals surface area contributed by atoms with Crippen LogP contribution in [0.5, 0.6) is 0 Å². The molecule has 0 aromatic heterocycles. The smallest absolute Gasteiger partial charge is 0.225 e. The van der Waals surface area contributed by atoms with Crippen LogP contribution in [-0.4, -0.2) is 69.0 Å². The van der Waals surface area contributed by atoms with Gasteiger partial charge in [0.2, 0.25) is 5.91 Å². The van der Waals surface area contributed by atoms with Crippen molar-refractivity contribution in [3.8, 4) is 0 Å². The van der Waals surface area contributed by atoms with Crippen molar-refractivity contribution in [2.75, 3.05) is 33.4 Å². The number of ether oxygens (including phenoxy) is 2. The van der Waals surface area contributed by atoms with Gasteiger partial charge < -0.3 is 24.0 Å². The Morgan fingerprint density at radius 2 is 1.69 bits per heavy atom. The molecule has 0 N–H and O–H groups in total. The van der Waals surface area contributed by atoms with E-state index in [1.807, 2.05) is 0 Å². The Morgan fingerprint density at radius 3 is 2.35 bits per heavy atom. The van der Waals surface area contributed by atoms with E-state index in [4.69, 9.17) is 9.47 Å². The van der Waals surface area contributed by atoms with E-state index in [0.29, 0.717) is 44.8 Å². The van der Waals surface area contributed by atoms with E-state index in [0.717, 1.165) is 19.3 Å². The minimum absolute atomic E-state index is 0.0163. The Labute approximate surface area is 154 Å². The van der Waals surface area contributed by atoms with Gasteiger partial charge in [0.05, 0.1) is 18.8 Å². The summed E-state index contributed by atoms with van der Waals surface area (Å²) in [7, 11) is 1.78. The molecule has 0 aromatic carbocycles. The molecule has 1 fully saturated rings. The highest BCUT2D eigenvalue weighted by Crippen LogP contribution is 2.30. The Bertz CT molecular complexity index is 422. The molecule has 0 spiro atoms.